The van der Waals surface area contributed by atoms with Crippen molar-refractivity contribution in [3.05, 3.63) is 109 Å². The number of carbonyl (C=O) groups excluding carboxylic acids is 2. The first-order valence-electron chi connectivity index (χ1n) is 22.8. The number of ether oxygens (including phenoxy) is 2. The van der Waals surface area contributed by atoms with Crippen molar-refractivity contribution in [2.24, 2.45) is 0 Å². The molecule has 0 heterocycles. The second-order valence-corrected chi connectivity index (χ2v) is 16.8. The Hall–Kier alpha value is -3.53. The Kier molecular flexibility index (Phi) is 34.4. The predicted octanol–water partition coefficient (Wildman–Crippen LogP) is 7.80. The molecule has 3 unspecified atom stereocenters. The van der Waals surface area contributed by atoms with Gasteiger partial charge in [0, 0.05) is 12.8 Å². The average molecular weight is 921 g/mol. The quantitative estimate of drug-likeness (QED) is 0.0106. The van der Waals surface area contributed by atoms with Crippen LogP contribution in [0.3, 0.4) is 0 Å². The molecule has 0 aromatic rings. The van der Waals surface area contributed by atoms with Crippen LogP contribution in [0, 0.1) is 0 Å². The second kappa shape index (κ2) is 37.7. The van der Waals surface area contributed by atoms with E-state index in [2.05, 4.69) is 61.6 Å². The van der Waals surface area contributed by atoms with Gasteiger partial charge in [-0.05, 0) is 83.5 Å². The van der Waals surface area contributed by atoms with Gasteiger partial charge in [-0.1, -0.05) is 136 Å². The zero-order valence-electron chi connectivity index (χ0n) is 37.9. The maximum atomic E-state index is 12.8. The molecule has 0 amide bonds. The number of phosphoric ester groups is 1. The van der Waals surface area contributed by atoms with E-state index in [0.717, 1.165) is 38.5 Å². The molecule has 362 valence electrons. The van der Waals surface area contributed by atoms with E-state index in [9.17, 15) is 49.7 Å². The molecule has 0 aromatic carbocycles. The Bertz CT molecular complexity index is 1550. The summed E-state index contributed by atoms with van der Waals surface area (Å²) in [5.74, 6) is -1.27. The van der Waals surface area contributed by atoms with E-state index in [1.165, 1.54) is 19.3 Å². The van der Waals surface area contributed by atoms with Crippen LogP contribution in [0.4, 0.5) is 0 Å². The minimum atomic E-state index is -5.16. The Labute approximate surface area is 381 Å². The molecule has 0 aliphatic heterocycles. The topological polar surface area (TPSA) is 230 Å². The van der Waals surface area contributed by atoms with Crippen molar-refractivity contribution in [1.82, 2.24) is 0 Å². The van der Waals surface area contributed by atoms with E-state index in [-0.39, 0.29) is 12.8 Å². The maximum Gasteiger partial charge on any atom is 0.472 e. The Morgan fingerprint density at radius 3 is 1.48 bits per heavy atom. The number of esters is 2. The monoisotopic (exact) mass is 921 g/mol. The fraction of sp³-hybridized carbons (Fsp3) is 0.592. The molecule has 15 heteroatoms. The Balaban J connectivity index is 2.57. The second-order valence-electron chi connectivity index (χ2n) is 15.4. The van der Waals surface area contributed by atoms with Crippen molar-refractivity contribution in [1.29, 1.82) is 0 Å². The molecule has 0 spiro atoms. The molecule has 1 saturated carbocycles. The zero-order valence-corrected chi connectivity index (χ0v) is 38.8. The average Bonchev–Trinajstić information content (AvgIpc) is 3.28. The molecule has 64 heavy (non-hydrogen) atoms. The maximum absolute atomic E-state index is 12.8. The van der Waals surface area contributed by atoms with E-state index >= 15 is 0 Å². The van der Waals surface area contributed by atoms with Crippen molar-refractivity contribution in [2.45, 2.75) is 172 Å². The summed E-state index contributed by atoms with van der Waals surface area (Å²) in [6.07, 6.45) is 35.3. The number of rotatable bonds is 35. The summed E-state index contributed by atoms with van der Waals surface area (Å²) in [5, 5.41) is 59.6. The molecular weight excluding hydrogens is 843 g/mol. The summed E-state index contributed by atoms with van der Waals surface area (Å²) in [4.78, 5) is 35.6. The molecule has 1 rings (SSSR count). The van der Waals surface area contributed by atoms with Crippen LogP contribution in [-0.2, 0) is 32.7 Å². The van der Waals surface area contributed by atoms with E-state index in [1.807, 2.05) is 55.5 Å². The highest BCUT2D eigenvalue weighted by atomic mass is 31.2. The van der Waals surface area contributed by atoms with Gasteiger partial charge in [0.05, 0.1) is 12.7 Å². The van der Waals surface area contributed by atoms with Gasteiger partial charge in [-0.2, -0.15) is 0 Å². The zero-order chi connectivity index (χ0) is 47.3. The molecule has 0 saturated heterocycles. The van der Waals surface area contributed by atoms with Crippen LogP contribution < -0.4 is 0 Å². The van der Waals surface area contributed by atoms with Gasteiger partial charge in [0.2, 0.25) is 0 Å². The van der Waals surface area contributed by atoms with Gasteiger partial charge >= 0.3 is 19.8 Å². The summed E-state index contributed by atoms with van der Waals surface area (Å²) in [7, 11) is -5.16. The Morgan fingerprint density at radius 2 is 1.00 bits per heavy atom. The lowest BCUT2D eigenvalue weighted by Crippen LogP contribution is -2.64. The van der Waals surface area contributed by atoms with E-state index in [4.69, 9.17) is 18.5 Å². The number of aliphatic hydroxyl groups is 6. The molecule has 1 aliphatic rings. The van der Waals surface area contributed by atoms with Gasteiger partial charge in [0.15, 0.2) is 6.10 Å². The largest absolute Gasteiger partial charge is 0.472 e. The van der Waals surface area contributed by atoms with Gasteiger partial charge in [-0.3, -0.25) is 18.6 Å². The van der Waals surface area contributed by atoms with Crippen molar-refractivity contribution in [2.75, 3.05) is 13.2 Å². The normalized spacial score (nSPS) is 23.1. The lowest BCUT2D eigenvalue weighted by Gasteiger charge is -2.41. The van der Waals surface area contributed by atoms with Crippen molar-refractivity contribution >= 4 is 19.8 Å². The van der Waals surface area contributed by atoms with Gasteiger partial charge < -0.3 is 45.0 Å². The first-order valence-corrected chi connectivity index (χ1v) is 24.3. The summed E-state index contributed by atoms with van der Waals surface area (Å²) in [6, 6.07) is 0. The van der Waals surface area contributed by atoms with Crippen LogP contribution >= 0.6 is 7.82 Å². The summed E-state index contributed by atoms with van der Waals surface area (Å²) < 4.78 is 33.4. The molecule has 14 nitrogen and oxygen atoms in total. The van der Waals surface area contributed by atoms with Crippen molar-refractivity contribution in [3.63, 3.8) is 0 Å². The number of hydrogen-bond donors (Lipinski definition) is 7. The minimum Gasteiger partial charge on any atom is -0.462 e. The third-order valence-electron chi connectivity index (χ3n) is 9.76. The molecule has 0 radical (unpaired) electrons. The van der Waals surface area contributed by atoms with Gasteiger partial charge in [0.1, 0.15) is 43.2 Å². The number of unbranched alkanes of at least 4 members (excludes halogenated alkanes) is 5. The van der Waals surface area contributed by atoms with E-state index in [0.29, 0.717) is 38.5 Å². The van der Waals surface area contributed by atoms with E-state index < -0.39 is 81.8 Å². The third kappa shape index (κ3) is 29.8. The lowest BCUT2D eigenvalue weighted by atomic mass is 9.85. The number of phosphoric acid groups is 1. The summed E-state index contributed by atoms with van der Waals surface area (Å²) >= 11 is 0. The molecule has 9 atom stereocenters. The highest BCUT2D eigenvalue weighted by Gasteiger charge is 2.51. The summed E-state index contributed by atoms with van der Waals surface area (Å²) in [5.41, 5.74) is 0. The first kappa shape index (κ1) is 58.5. The van der Waals surface area contributed by atoms with Gasteiger partial charge in [0.25, 0.3) is 0 Å². The molecular formula is C49H77O14P. The van der Waals surface area contributed by atoms with Crippen LogP contribution in [0.15, 0.2) is 109 Å². The van der Waals surface area contributed by atoms with Crippen LogP contribution in [0.2, 0.25) is 0 Å². The molecule has 1 fully saturated rings. The number of allylic oxidation sites excluding steroid dienone is 17. The predicted molar refractivity (Wildman–Crippen MR) is 250 cm³/mol. The number of carbonyl (C=O) groups is 2. The number of hydrogen-bond acceptors (Lipinski definition) is 13. The fourth-order valence-corrected chi connectivity index (χ4v) is 6.88. The number of aliphatic hydroxyl groups excluding tert-OH is 6. The van der Waals surface area contributed by atoms with Gasteiger partial charge in [-0.15, -0.1) is 0 Å². The van der Waals surface area contributed by atoms with E-state index in [1.54, 1.807) is 6.08 Å². The van der Waals surface area contributed by atoms with Crippen molar-refractivity contribution < 1.29 is 68.2 Å². The molecule has 0 bridgehead atoms. The van der Waals surface area contributed by atoms with Crippen molar-refractivity contribution in [3.8, 4) is 0 Å². The van der Waals surface area contributed by atoms with Crippen LogP contribution in [0.25, 0.3) is 0 Å². The lowest BCUT2D eigenvalue weighted by molar-refractivity contribution is -0.220. The van der Waals surface area contributed by atoms with Gasteiger partial charge in [-0.25, -0.2) is 4.57 Å². The highest BCUT2D eigenvalue weighted by molar-refractivity contribution is 7.47. The Morgan fingerprint density at radius 1 is 0.562 bits per heavy atom. The van der Waals surface area contributed by atoms with Crippen LogP contribution in [0.1, 0.15) is 123 Å². The smallest absolute Gasteiger partial charge is 0.462 e. The summed E-state index contributed by atoms with van der Waals surface area (Å²) in [6.45, 7) is 2.82. The molecule has 1 aliphatic carbocycles. The fourth-order valence-electron chi connectivity index (χ4n) is 5.91. The highest BCUT2D eigenvalue weighted by Crippen LogP contribution is 2.47. The SMILES string of the molecule is CCCCC/C=C\C/C=C\C/C=C\C/C=C\CCCC(=O)OC[C@H](COP(=O)(O)OC1[C@H](O)[C@H](O)C(O)[C@H](O)[C@H]1O)OC(=O)CCC/C=C\C/C=C\C/C=C\C/C=C\C=C\[C@H](O)CC. The minimum absolute atomic E-state index is 0.0141. The molecule has 0 aromatic heterocycles. The standard InChI is InChI=1S/C49H77O14P/c1-3-5-6-7-8-9-10-11-12-13-14-18-21-24-27-30-33-36-42(51)60-38-41(39-61-64(58,59)63-49-47(56)45(54)44(53)46(55)48(49)57)62-43(52)37-34-31-28-25-22-19-16-15-17-20-23-26-29-32-35-40(50)4-2/h8-9,11-12,14,16-20,24-29,32,35,40-41,44-50,53-57H,3-7,10,13,15,21-23,30-31,33-34,36-39H2,1-2H3,(H,58,59)/b9-8-,12-11-,18-14-,19-16-,20-17-,27-24-,28-25-,29-26-,35-32+/t40-,41-,44?,45-,46+,47-,48-,49?/m1/s1. The van der Waals surface area contributed by atoms with Crippen LogP contribution in [-0.4, -0.2) is 110 Å². The van der Waals surface area contributed by atoms with Crippen LogP contribution in [0.5, 0.6) is 0 Å². The first-order chi connectivity index (χ1) is 30.8. The third-order valence-corrected chi connectivity index (χ3v) is 10.7. The molecule has 7 N–H and O–H groups in total.